The van der Waals surface area contributed by atoms with Gasteiger partial charge in [-0.2, -0.15) is 5.26 Å². The standard InChI is InChI=1S/C62H76N12O6S/c1-8-41-30-47-48(62(6,7)57-54(55(47)78)46-19-16-40(33-63)29-49(46)66-57)32-50(41)71-23-20-44(21-24-71)70-25-27-72(28-26-70)53(77)13-9-11-43-35-73(69-68-43)22-10-12-52(76)67-58(61(3,4)5)60(80)74-36-45(75)31-51(74)59(79)64-34-39-14-17-42(18-15-39)56-38(2)65-37-81-56/h14-19,29-30,32,35,37,44-45,51,58,66,75H,8-13,20-28,31,34,36H2,1-7H3,(H,64,79)(H,67,76)/t45-,51+,58-/m1/s1. The zero-order valence-corrected chi connectivity index (χ0v) is 48.6. The van der Waals surface area contributed by atoms with E-state index in [2.05, 4.69) is 79.7 Å². The molecule has 3 aliphatic heterocycles. The van der Waals surface area contributed by atoms with Crippen molar-refractivity contribution in [3.63, 3.8) is 0 Å². The predicted octanol–water partition coefficient (Wildman–Crippen LogP) is 7.22. The number of anilines is 1. The molecule has 6 heterocycles. The number of amides is 4. The first-order valence-electron chi connectivity index (χ1n) is 28.8. The molecule has 3 aromatic carbocycles. The maximum absolute atomic E-state index is 14.2. The van der Waals surface area contributed by atoms with E-state index >= 15 is 0 Å². The first-order chi connectivity index (χ1) is 38.8. The molecule has 3 aromatic heterocycles. The Morgan fingerprint density at radius 2 is 1.73 bits per heavy atom. The van der Waals surface area contributed by atoms with Crippen LogP contribution in [-0.4, -0.2) is 144 Å². The maximum Gasteiger partial charge on any atom is 0.246 e. The lowest BCUT2D eigenvalue weighted by atomic mass is 9.70. The second-order valence-electron chi connectivity index (χ2n) is 24.1. The molecule has 0 unspecified atom stereocenters. The molecule has 1 aliphatic carbocycles. The fourth-order valence-corrected chi connectivity index (χ4v) is 13.3. The molecule has 19 heteroatoms. The van der Waals surface area contributed by atoms with Crippen LogP contribution in [0.2, 0.25) is 0 Å². The third-order valence-corrected chi connectivity index (χ3v) is 18.2. The van der Waals surface area contributed by atoms with E-state index in [1.807, 2.05) is 80.7 Å². The van der Waals surface area contributed by atoms with Crippen molar-refractivity contribution < 1.29 is 29.1 Å². The number of carbonyl (C=O) groups is 5. The van der Waals surface area contributed by atoms with Crippen molar-refractivity contribution in [2.75, 3.05) is 50.7 Å². The van der Waals surface area contributed by atoms with E-state index in [0.717, 1.165) is 101 Å². The average molecular weight is 1120 g/mol. The van der Waals surface area contributed by atoms with Crippen LogP contribution in [-0.2, 0) is 50.5 Å². The Morgan fingerprint density at radius 3 is 2.42 bits per heavy atom. The number of aromatic nitrogens is 5. The Bertz CT molecular complexity index is 3370. The van der Waals surface area contributed by atoms with E-state index in [9.17, 15) is 34.3 Å². The molecule has 4 aliphatic rings. The highest BCUT2D eigenvalue weighted by Gasteiger charge is 2.45. The number of aromatic amines is 1. The number of nitrogens with one attached hydrogen (secondary N) is 3. The number of aliphatic hydroxyl groups is 1. The van der Waals surface area contributed by atoms with E-state index in [1.54, 1.807) is 22.1 Å². The van der Waals surface area contributed by atoms with E-state index in [1.165, 1.54) is 16.2 Å². The zero-order valence-electron chi connectivity index (χ0n) is 47.8. The number of β-amino-alcohol motifs (C(OH)–C–C–N with tert-alkyl or cyclic N) is 1. The van der Waals surface area contributed by atoms with Crippen LogP contribution in [0.5, 0.6) is 0 Å². The Morgan fingerprint density at radius 1 is 0.975 bits per heavy atom. The number of ketones is 1. The third kappa shape index (κ3) is 12.1. The third-order valence-electron chi connectivity index (χ3n) is 17.2. The molecular weight excluding hydrogens is 1040 g/mol. The summed E-state index contributed by atoms with van der Waals surface area (Å²) < 4.78 is 1.71. The van der Waals surface area contributed by atoms with Gasteiger partial charge >= 0.3 is 0 Å². The topological polar surface area (TPSA) is 226 Å². The minimum absolute atomic E-state index is 0.00273. The van der Waals surface area contributed by atoms with Gasteiger partial charge in [0.15, 0.2) is 5.78 Å². The Labute approximate surface area is 478 Å². The molecule has 0 saturated carbocycles. The predicted molar refractivity (Wildman–Crippen MR) is 312 cm³/mol. The molecular formula is C62H76N12O6S. The lowest BCUT2D eigenvalue weighted by molar-refractivity contribution is -0.144. The van der Waals surface area contributed by atoms with Crippen molar-refractivity contribution in [3.8, 4) is 16.5 Å². The van der Waals surface area contributed by atoms with Crippen molar-refractivity contribution in [2.45, 2.75) is 149 Å². The summed E-state index contributed by atoms with van der Waals surface area (Å²) >= 11 is 1.58. The summed E-state index contributed by atoms with van der Waals surface area (Å²) in [5.74, 6) is -0.873. The SMILES string of the molecule is CCc1cc2c(cc1N1CCC(N3CCN(C(=O)CCCc4cn(CCCC(=O)N[C@H](C(=O)N5C[C@H](O)C[C@H]5C(=O)NCc5ccc(-c6scnc6C)cc5)C(C)(C)C)nn4)CC3)CC1)C(C)(C)c1[nH]c3cc(C#N)ccc3c1C2=O. The summed E-state index contributed by atoms with van der Waals surface area (Å²) in [5, 5.41) is 35.6. The van der Waals surface area contributed by atoms with Crippen LogP contribution in [0.25, 0.3) is 21.3 Å². The number of piperidine rings is 1. The normalized spacial score (nSPS) is 18.9. The Hall–Kier alpha value is -7.27. The van der Waals surface area contributed by atoms with Gasteiger partial charge in [0.25, 0.3) is 0 Å². The highest BCUT2D eigenvalue weighted by Crippen LogP contribution is 2.46. The highest BCUT2D eigenvalue weighted by atomic mass is 32.1. The number of carbonyl (C=O) groups excluding carboxylic acids is 5. The monoisotopic (exact) mass is 1120 g/mol. The van der Waals surface area contributed by atoms with Gasteiger partial charge in [0.05, 0.1) is 45.1 Å². The van der Waals surface area contributed by atoms with Crippen LogP contribution >= 0.6 is 11.3 Å². The second-order valence-corrected chi connectivity index (χ2v) is 24.9. The fraction of sp³-hybridized carbons (Fsp3) is 0.500. The highest BCUT2D eigenvalue weighted by molar-refractivity contribution is 7.13. The Kier molecular flexibility index (Phi) is 16.7. The summed E-state index contributed by atoms with van der Waals surface area (Å²) in [6.07, 6.45) is 6.26. The van der Waals surface area contributed by atoms with Crippen molar-refractivity contribution in [2.24, 2.45) is 5.41 Å². The average Bonchev–Trinajstić information content (AvgIpc) is 4.15. The molecule has 6 aromatic rings. The molecule has 0 bridgehead atoms. The largest absolute Gasteiger partial charge is 0.391 e. The molecule has 4 N–H and O–H groups in total. The lowest BCUT2D eigenvalue weighted by Crippen LogP contribution is -2.57. The van der Waals surface area contributed by atoms with E-state index in [0.29, 0.717) is 62.5 Å². The summed E-state index contributed by atoms with van der Waals surface area (Å²) in [5.41, 5.74) is 11.6. The maximum atomic E-state index is 14.2. The number of aryl methyl sites for hydroxylation is 4. The number of fused-ring (bicyclic) bond motifs is 4. The van der Waals surface area contributed by atoms with E-state index in [-0.39, 0.29) is 49.4 Å². The van der Waals surface area contributed by atoms with Gasteiger partial charge in [0, 0.05) is 124 Å². The number of aliphatic hydroxyl groups excluding tert-OH is 1. The molecule has 4 amide bonds. The number of hydrogen-bond donors (Lipinski definition) is 4. The minimum Gasteiger partial charge on any atom is -0.391 e. The van der Waals surface area contributed by atoms with Crippen molar-refractivity contribution in [1.82, 2.24) is 50.3 Å². The summed E-state index contributed by atoms with van der Waals surface area (Å²) in [4.78, 5) is 86.1. The molecule has 0 radical (unpaired) electrons. The van der Waals surface area contributed by atoms with Crippen LogP contribution in [0, 0.1) is 23.7 Å². The number of nitrogens with zero attached hydrogens (tertiary/aromatic N) is 9. The smallest absolute Gasteiger partial charge is 0.246 e. The van der Waals surface area contributed by atoms with Crippen molar-refractivity contribution in [1.29, 1.82) is 5.26 Å². The van der Waals surface area contributed by atoms with Crippen LogP contribution in [0.3, 0.4) is 0 Å². The quantitative estimate of drug-likeness (QED) is 0.0711. The summed E-state index contributed by atoms with van der Waals surface area (Å²) in [6, 6.07) is 18.7. The van der Waals surface area contributed by atoms with Crippen LogP contribution < -0.4 is 15.5 Å². The lowest BCUT2D eigenvalue weighted by Gasteiger charge is -2.44. The number of nitriles is 1. The first-order valence-corrected chi connectivity index (χ1v) is 29.7. The molecule has 3 atom stereocenters. The van der Waals surface area contributed by atoms with Gasteiger partial charge < -0.3 is 35.4 Å². The van der Waals surface area contributed by atoms with Crippen molar-refractivity contribution in [3.05, 3.63) is 117 Å². The Balaban J connectivity index is 0.638. The number of H-pyrrole nitrogens is 1. The molecule has 81 heavy (non-hydrogen) atoms. The summed E-state index contributed by atoms with van der Waals surface area (Å²) in [7, 11) is 0. The van der Waals surface area contributed by atoms with Gasteiger partial charge in [-0.1, -0.05) is 77.1 Å². The number of piperazine rings is 1. The molecule has 18 nitrogen and oxygen atoms in total. The van der Waals surface area contributed by atoms with E-state index in [4.69, 9.17) is 0 Å². The molecule has 10 rings (SSSR count). The first kappa shape index (κ1) is 57.0. The molecule has 426 valence electrons. The number of hydrogen-bond acceptors (Lipinski definition) is 13. The van der Waals surface area contributed by atoms with E-state index < -0.39 is 34.9 Å². The summed E-state index contributed by atoms with van der Waals surface area (Å²) in [6.45, 7) is 19.7. The second kappa shape index (κ2) is 23.7. The number of benzene rings is 3. The molecule has 3 fully saturated rings. The zero-order chi connectivity index (χ0) is 57.3. The van der Waals surface area contributed by atoms with Gasteiger partial charge in [-0.25, -0.2) is 4.98 Å². The number of thiazole rings is 1. The van der Waals surface area contributed by atoms with Crippen LogP contribution in [0.15, 0.2) is 66.3 Å². The van der Waals surface area contributed by atoms with Gasteiger partial charge in [0.2, 0.25) is 23.6 Å². The number of likely N-dealkylation sites (tertiary alicyclic amines) is 1. The molecule has 0 spiro atoms. The van der Waals surface area contributed by atoms with Gasteiger partial charge in [-0.05, 0) is 97.4 Å². The van der Waals surface area contributed by atoms with Gasteiger partial charge in [-0.3, -0.25) is 33.6 Å². The van der Waals surface area contributed by atoms with Crippen molar-refractivity contribution >= 4 is 57.3 Å². The van der Waals surface area contributed by atoms with Gasteiger partial charge in [0.1, 0.15) is 12.1 Å². The van der Waals surface area contributed by atoms with Gasteiger partial charge in [-0.15, -0.1) is 16.4 Å². The fourth-order valence-electron chi connectivity index (χ4n) is 12.5. The molecule has 3 saturated heterocycles. The minimum atomic E-state index is -0.923. The number of rotatable bonds is 17. The van der Waals surface area contributed by atoms with Crippen LogP contribution in [0.1, 0.15) is 142 Å². The van der Waals surface area contributed by atoms with Crippen LogP contribution in [0.4, 0.5) is 5.69 Å².